The van der Waals surface area contributed by atoms with Crippen molar-refractivity contribution >= 4 is 29.5 Å². The molecule has 1 saturated heterocycles. The standard InChI is InChI=1S/C30H35ClO8/c1-4-35-28(33)25-26(29(34)36-5-2)39-30(38-25)24-17-15-23(16-18-24)22-13-11-21(12-14-22)10-8-6-7-9-19-37-27(32)20(3)31/h11-18,25-26,30H,3-10,19H2,1-2H3/t25-,26-/m1/s1. The largest absolute Gasteiger partial charge is 0.464 e. The van der Waals surface area contributed by atoms with Crippen LogP contribution in [0, 0.1) is 0 Å². The van der Waals surface area contributed by atoms with E-state index in [1.54, 1.807) is 13.8 Å². The molecular formula is C30H35ClO8. The number of benzene rings is 2. The molecule has 0 N–H and O–H groups in total. The summed E-state index contributed by atoms with van der Waals surface area (Å²) >= 11 is 5.48. The van der Waals surface area contributed by atoms with Crippen LogP contribution in [-0.4, -0.2) is 49.9 Å². The average molecular weight is 559 g/mol. The van der Waals surface area contributed by atoms with E-state index in [4.69, 9.17) is 35.3 Å². The van der Waals surface area contributed by atoms with Crippen LogP contribution in [0.1, 0.15) is 56.9 Å². The van der Waals surface area contributed by atoms with Crippen LogP contribution in [-0.2, 0) is 44.5 Å². The highest BCUT2D eigenvalue weighted by atomic mass is 35.5. The second-order valence-electron chi connectivity index (χ2n) is 8.97. The number of carbonyl (C=O) groups excluding carboxylic acids is 3. The molecule has 9 heteroatoms. The zero-order valence-corrected chi connectivity index (χ0v) is 23.1. The second-order valence-corrected chi connectivity index (χ2v) is 9.43. The topological polar surface area (TPSA) is 97.4 Å². The molecule has 0 bridgehead atoms. The van der Waals surface area contributed by atoms with E-state index >= 15 is 0 Å². The molecule has 3 rings (SSSR count). The van der Waals surface area contributed by atoms with Gasteiger partial charge in [-0.1, -0.05) is 79.6 Å². The van der Waals surface area contributed by atoms with Gasteiger partial charge in [0.2, 0.25) is 0 Å². The molecule has 1 fully saturated rings. The van der Waals surface area contributed by atoms with Crippen molar-refractivity contribution in [1.82, 2.24) is 0 Å². The first-order chi connectivity index (χ1) is 18.8. The van der Waals surface area contributed by atoms with E-state index in [0.717, 1.165) is 43.2 Å². The monoisotopic (exact) mass is 558 g/mol. The predicted molar refractivity (Wildman–Crippen MR) is 146 cm³/mol. The van der Waals surface area contributed by atoms with Crippen LogP contribution >= 0.6 is 11.6 Å². The maximum Gasteiger partial charge on any atom is 0.349 e. The molecule has 0 amide bonds. The predicted octanol–water partition coefficient (Wildman–Crippen LogP) is 5.66. The summed E-state index contributed by atoms with van der Waals surface area (Å²) in [5.41, 5.74) is 4.01. The lowest BCUT2D eigenvalue weighted by Crippen LogP contribution is -2.39. The fourth-order valence-electron chi connectivity index (χ4n) is 4.13. The van der Waals surface area contributed by atoms with Gasteiger partial charge in [-0.25, -0.2) is 14.4 Å². The van der Waals surface area contributed by atoms with Crippen molar-refractivity contribution in [3.8, 4) is 11.1 Å². The van der Waals surface area contributed by atoms with E-state index in [1.807, 2.05) is 24.3 Å². The van der Waals surface area contributed by atoms with Gasteiger partial charge in [0.15, 0.2) is 18.5 Å². The average Bonchev–Trinajstić information content (AvgIpc) is 3.39. The third kappa shape index (κ3) is 8.92. The number of esters is 3. The first-order valence-electron chi connectivity index (χ1n) is 13.2. The van der Waals surface area contributed by atoms with Crippen molar-refractivity contribution in [2.45, 2.75) is 64.4 Å². The molecule has 1 aliphatic heterocycles. The number of ether oxygens (including phenoxy) is 5. The van der Waals surface area contributed by atoms with E-state index in [2.05, 4.69) is 30.8 Å². The van der Waals surface area contributed by atoms with Gasteiger partial charge < -0.3 is 23.7 Å². The van der Waals surface area contributed by atoms with Crippen molar-refractivity contribution in [3.63, 3.8) is 0 Å². The molecule has 2 aromatic rings. The van der Waals surface area contributed by atoms with Gasteiger partial charge in [0.1, 0.15) is 5.03 Å². The lowest BCUT2D eigenvalue weighted by atomic mass is 10.00. The highest BCUT2D eigenvalue weighted by Gasteiger charge is 2.47. The molecule has 210 valence electrons. The summed E-state index contributed by atoms with van der Waals surface area (Å²) in [6.45, 7) is 7.39. The van der Waals surface area contributed by atoms with Crippen LogP contribution < -0.4 is 0 Å². The highest BCUT2D eigenvalue weighted by molar-refractivity contribution is 6.40. The molecule has 0 aliphatic carbocycles. The zero-order valence-electron chi connectivity index (χ0n) is 22.4. The summed E-state index contributed by atoms with van der Waals surface area (Å²) in [7, 11) is 0. The third-order valence-corrected chi connectivity index (χ3v) is 6.29. The molecule has 0 aromatic heterocycles. The summed E-state index contributed by atoms with van der Waals surface area (Å²) in [5, 5.41) is -0.0976. The molecule has 0 unspecified atom stereocenters. The van der Waals surface area contributed by atoms with Crippen molar-refractivity contribution in [1.29, 1.82) is 0 Å². The smallest absolute Gasteiger partial charge is 0.349 e. The van der Waals surface area contributed by atoms with Crippen LogP contribution in [0.25, 0.3) is 11.1 Å². The number of unbranched alkanes of at least 4 members (excludes halogenated alkanes) is 3. The molecule has 1 aliphatic rings. The number of hydrogen-bond donors (Lipinski definition) is 0. The van der Waals surface area contributed by atoms with Crippen LogP contribution in [0.2, 0.25) is 0 Å². The molecule has 2 atom stereocenters. The Labute approximate surface area is 234 Å². The molecule has 2 aromatic carbocycles. The number of rotatable bonds is 14. The molecule has 1 heterocycles. The van der Waals surface area contributed by atoms with Gasteiger partial charge in [-0.05, 0) is 49.8 Å². The van der Waals surface area contributed by atoms with Gasteiger partial charge >= 0.3 is 17.9 Å². The van der Waals surface area contributed by atoms with Gasteiger partial charge in [0.25, 0.3) is 0 Å². The van der Waals surface area contributed by atoms with E-state index < -0.39 is 36.4 Å². The maximum atomic E-state index is 12.3. The van der Waals surface area contributed by atoms with E-state index in [9.17, 15) is 14.4 Å². The van der Waals surface area contributed by atoms with E-state index in [1.165, 1.54) is 5.56 Å². The van der Waals surface area contributed by atoms with Gasteiger partial charge in [-0.15, -0.1) is 0 Å². The number of carbonyl (C=O) groups is 3. The lowest BCUT2D eigenvalue weighted by Gasteiger charge is -2.13. The number of hydrogen-bond acceptors (Lipinski definition) is 8. The van der Waals surface area contributed by atoms with Gasteiger partial charge in [-0.2, -0.15) is 0 Å². The van der Waals surface area contributed by atoms with Crippen molar-refractivity contribution < 1.29 is 38.1 Å². The quantitative estimate of drug-likeness (QED) is 0.127. The summed E-state index contributed by atoms with van der Waals surface area (Å²) in [6.07, 6.45) is 1.57. The molecule has 8 nitrogen and oxygen atoms in total. The molecule has 0 spiro atoms. The molecule has 0 saturated carbocycles. The van der Waals surface area contributed by atoms with Crippen molar-refractivity contribution in [2.75, 3.05) is 19.8 Å². The second kappa shape index (κ2) is 15.4. The van der Waals surface area contributed by atoms with E-state index in [-0.39, 0.29) is 18.2 Å². The first-order valence-corrected chi connectivity index (χ1v) is 13.6. The van der Waals surface area contributed by atoms with Crippen LogP contribution in [0.15, 0.2) is 60.1 Å². The Morgan fingerprint density at radius 2 is 1.28 bits per heavy atom. The van der Waals surface area contributed by atoms with E-state index in [0.29, 0.717) is 12.2 Å². The fourth-order valence-corrected chi connectivity index (χ4v) is 4.18. The molecule has 39 heavy (non-hydrogen) atoms. The van der Waals surface area contributed by atoms with Crippen LogP contribution in [0.4, 0.5) is 0 Å². The first kappa shape index (κ1) is 30.3. The normalized spacial score (nSPS) is 17.0. The van der Waals surface area contributed by atoms with Gasteiger partial charge in [0, 0.05) is 5.56 Å². The molecular weight excluding hydrogens is 524 g/mol. The molecule has 0 radical (unpaired) electrons. The fraction of sp³-hybridized carbons (Fsp3) is 0.433. The van der Waals surface area contributed by atoms with Crippen molar-refractivity contribution in [3.05, 3.63) is 71.3 Å². The Balaban J connectivity index is 1.50. The Hall–Kier alpha value is -3.20. The maximum absolute atomic E-state index is 12.3. The number of aryl methyl sites for hydroxylation is 1. The van der Waals surface area contributed by atoms with Gasteiger partial charge in [-0.3, -0.25) is 0 Å². The highest BCUT2D eigenvalue weighted by Crippen LogP contribution is 2.34. The van der Waals surface area contributed by atoms with Crippen molar-refractivity contribution in [2.24, 2.45) is 0 Å². The SMILES string of the molecule is C=C(Cl)C(=O)OCCCCCCc1ccc(-c2ccc(C3O[C@@H](C(=O)OCC)[C@H](C(=O)OCC)O3)cc2)cc1. The Kier molecular flexibility index (Phi) is 12.0. The minimum absolute atomic E-state index is 0.0976. The summed E-state index contributed by atoms with van der Waals surface area (Å²) in [6, 6.07) is 16.0. The Bertz CT molecular complexity index is 1090. The summed E-state index contributed by atoms with van der Waals surface area (Å²) in [5.74, 6) is -1.87. The lowest BCUT2D eigenvalue weighted by molar-refractivity contribution is -0.163. The van der Waals surface area contributed by atoms with Gasteiger partial charge in [0.05, 0.1) is 19.8 Å². The minimum atomic E-state index is -1.19. The van der Waals surface area contributed by atoms with Crippen LogP contribution in [0.5, 0.6) is 0 Å². The third-order valence-electron chi connectivity index (χ3n) is 6.14. The summed E-state index contributed by atoms with van der Waals surface area (Å²) in [4.78, 5) is 35.9. The minimum Gasteiger partial charge on any atom is -0.464 e. The van der Waals surface area contributed by atoms with Crippen LogP contribution in [0.3, 0.4) is 0 Å². The summed E-state index contributed by atoms with van der Waals surface area (Å²) < 4.78 is 26.6. The Morgan fingerprint density at radius 1 is 0.769 bits per heavy atom. The zero-order chi connectivity index (χ0) is 28.2. The Morgan fingerprint density at radius 3 is 1.79 bits per heavy atom. The number of halogens is 1.